The fourth-order valence-corrected chi connectivity index (χ4v) is 3.01. The number of alkyl carbamates (subject to hydrolysis) is 1. The third-order valence-corrected chi connectivity index (χ3v) is 4.51. The first-order valence-corrected chi connectivity index (χ1v) is 9.55. The highest BCUT2D eigenvalue weighted by molar-refractivity contribution is 5.92. The molecule has 30 heavy (non-hydrogen) atoms. The molecule has 0 saturated carbocycles. The molecule has 0 bridgehead atoms. The number of nitrogens with one attached hydrogen (secondary N) is 1. The normalized spacial score (nSPS) is 11.1. The Bertz CT molecular complexity index is 946. The van der Waals surface area contributed by atoms with E-state index in [4.69, 9.17) is 9.47 Å². The van der Waals surface area contributed by atoms with Gasteiger partial charge in [-0.2, -0.15) is 0 Å². The molecule has 0 spiro atoms. The summed E-state index contributed by atoms with van der Waals surface area (Å²) in [5.41, 5.74) is 2.82. The van der Waals surface area contributed by atoms with Crippen molar-refractivity contribution < 1.29 is 19.1 Å². The Hall–Kier alpha value is -3.86. The third kappa shape index (κ3) is 5.82. The molecule has 0 radical (unpaired) electrons. The van der Waals surface area contributed by atoms with Crippen LogP contribution in [0.15, 0.2) is 103 Å². The minimum absolute atomic E-state index is 0.0215. The van der Waals surface area contributed by atoms with Crippen LogP contribution in [0.3, 0.4) is 0 Å². The largest absolute Gasteiger partial charge is 0.464 e. The summed E-state index contributed by atoms with van der Waals surface area (Å²) in [4.78, 5) is 24.7. The zero-order valence-electron chi connectivity index (χ0n) is 16.7. The van der Waals surface area contributed by atoms with Gasteiger partial charge >= 0.3 is 12.1 Å². The SMILES string of the molecule is COC(=O)C(=CC(c1ccccc1)c1ccccc1)NC(=O)OCc1ccccc1. The molecule has 3 aromatic rings. The molecule has 0 aliphatic carbocycles. The van der Waals surface area contributed by atoms with Gasteiger partial charge in [-0.15, -0.1) is 0 Å². The summed E-state index contributed by atoms with van der Waals surface area (Å²) < 4.78 is 10.1. The van der Waals surface area contributed by atoms with Crippen LogP contribution in [-0.2, 0) is 20.9 Å². The van der Waals surface area contributed by atoms with E-state index in [0.29, 0.717) is 0 Å². The van der Waals surface area contributed by atoms with Crippen molar-refractivity contribution in [3.63, 3.8) is 0 Å². The summed E-state index contributed by atoms with van der Waals surface area (Å²) in [6.07, 6.45) is 0.954. The maximum Gasteiger partial charge on any atom is 0.412 e. The van der Waals surface area contributed by atoms with E-state index in [2.05, 4.69) is 5.32 Å². The topological polar surface area (TPSA) is 64.6 Å². The van der Waals surface area contributed by atoms with Crippen LogP contribution in [-0.4, -0.2) is 19.2 Å². The van der Waals surface area contributed by atoms with Crippen molar-refractivity contribution in [2.75, 3.05) is 7.11 Å². The second-order valence-electron chi connectivity index (χ2n) is 6.56. The monoisotopic (exact) mass is 401 g/mol. The zero-order valence-corrected chi connectivity index (χ0v) is 16.7. The number of hydrogen-bond donors (Lipinski definition) is 1. The molecule has 0 fully saturated rings. The van der Waals surface area contributed by atoms with Crippen molar-refractivity contribution in [1.82, 2.24) is 5.32 Å². The van der Waals surface area contributed by atoms with Gasteiger partial charge in [0.15, 0.2) is 0 Å². The van der Waals surface area contributed by atoms with Gasteiger partial charge in [-0.25, -0.2) is 9.59 Å². The summed E-state index contributed by atoms with van der Waals surface area (Å²) in [6.45, 7) is 0.0991. The van der Waals surface area contributed by atoms with Gasteiger partial charge in [0.05, 0.1) is 7.11 Å². The van der Waals surface area contributed by atoms with Gasteiger partial charge in [-0.3, -0.25) is 5.32 Å². The number of esters is 1. The minimum atomic E-state index is -0.727. The summed E-state index contributed by atoms with van der Waals surface area (Å²) >= 11 is 0. The van der Waals surface area contributed by atoms with Crippen LogP contribution >= 0.6 is 0 Å². The number of hydrogen-bond acceptors (Lipinski definition) is 4. The molecule has 0 atom stereocenters. The molecule has 0 unspecified atom stereocenters. The molecule has 1 N–H and O–H groups in total. The maximum absolute atomic E-state index is 12.4. The first-order valence-electron chi connectivity index (χ1n) is 9.55. The van der Waals surface area contributed by atoms with Gasteiger partial charge in [0.25, 0.3) is 0 Å². The number of methoxy groups -OCH3 is 1. The lowest BCUT2D eigenvalue weighted by Gasteiger charge is -2.17. The number of benzene rings is 3. The molecule has 5 nitrogen and oxygen atoms in total. The lowest BCUT2D eigenvalue weighted by atomic mass is 9.90. The van der Waals surface area contributed by atoms with Gasteiger partial charge in [-0.05, 0) is 22.8 Å². The van der Waals surface area contributed by atoms with Crippen molar-refractivity contribution in [2.24, 2.45) is 0 Å². The molecule has 1 amide bonds. The molecule has 3 aromatic carbocycles. The average molecular weight is 401 g/mol. The van der Waals surface area contributed by atoms with Crippen molar-refractivity contribution in [3.8, 4) is 0 Å². The quantitative estimate of drug-likeness (QED) is 0.456. The predicted molar refractivity (Wildman–Crippen MR) is 115 cm³/mol. The Kier molecular flexibility index (Phi) is 7.39. The minimum Gasteiger partial charge on any atom is -0.464 e. The second-order valence-corrected chi connectivity index (χ2v) is 6.56. The van der Waals surface area contributed by atoms with Crippen LogP contribution < -0.4 is 5.32 Å². The van der Waals surface area contributed by atoms with Crippen molar-refractivity contribution in [2.45, 2.75) is 12.5 Å². The number of carbonyl (C=O) groups excluding carboxylic acids is 2. The first kappa shape index (κ1) is 20.9. The molecular weight excluding hydrogens is 378 g/mol. The highest BCUT2D eigenvalue weighted by atomic mass is 16.6. The molecule has 5 heteroatoms. The van der Waals surface area contributed by atoms with Crippen molar-refractivity contribution >= 4 is 12.1 Å². The standard InChI is InChI=1S/C25H23NO4/c1-29-24(27)23(26-25(28)30-18-19-11-5-2-6-12-19)17-22(20-13-7-3-8-14-20)21-15-9-4-10-16-21/h2-17,22H,18H2,1H3,(H,26,28). The predicted octanol–water partition coefficient (Wildman–Crippen LogP) is 4.80. The Morgan fingerprint density at radius 2 is 1.33 bits per heavy atom. The molecule has 0 aliphatic heterocycles. The number of rotatable bonds is 7. The van der Waals surface area contributed by atoms with Crippen LogP contribution in [0.1, 0.15) is 22.6 Å². The average Bonchev–Trinajstić information content (AvgIpc) is 2.81. The number of allylic oxidation sites excluding steroid dienone is 1. The highest BCUT2D eigenvalue weighted by Crippen LogP contribution is 2.27. The van der Waals surface area contributed by atoms with Crippen molar-refractivity contribution in [1.29, 1.82) is 0 Å². The van der Waals surface area contributed by atoms with Gasteiger partial charge in [-0.1, -0.05) is 91.0 Å². The van der Waals surface area contributed by atoms with E-state index in [9.17, 15) is 9.59 Å². The molecule has 0 aromatic heterocycles. The van der Waals surface area contributed by atoms with Gasteiger partial charge in [0, 0.05) is 5.92 Å². The van der Waals surface area contributed by atoms with Gasteiger partial charge in [0.1, 0.15) is 12.3 Å². The lowest BCUT2D eigenvalue weighted by Crippen LogP contribution is -2.29. The van der Waals surface area contributed by atoms with Crippen molar-refractivity contribution in [3.05, 3.63) is 119 Å². The van der Waals surface area contributed by atoms with Crippen LogP contribution in [0.4, 0.5) is 4.79 Å². The summed E-state index contributed by atoms with van der Waals surface area (Å²) in [5.74, 6) is -0.903. The number of carbonyl (C=O) groups is 2. The van der Waals surface area contributed by atoms with Crippen LogP contribution in [0.2, 0.25) is 0 Å². The van der Waals surface area contributed by atoms with Crippen LogP contribution in [0.5, 0.6) is 0 Å². The van der Waals surface area contributed by atoms with E-state index in [-0.39, 0.29) is 18.2 Å². The Balaban J connectivity index is 1.84. The zero-order chi connectivity index (χ0) is 21.2. The fraction of sp³-hybridized carbons (Fsp3) is 0.120. The molecule has 3 rings (SSSR count). The second kappa shape index (κ2) is 10.6. The Morgan fingerprint density at radius 3 is 1.83 bits per heavy atom. The Labute approximate surface area is 176 Å². The third-order valence-electron chi connectivity index (χ3n) is 4.51. The summed E-state index contributed by atoms with van der Waals surface area (Å²) in [5, 5.41) is 2.53. The summed E-state index contributed by atoms with van der Waals surface area (Å²) in [7, 11) is 1.27. The van der Waals surface area contributed by atoms with E-state index < -0.39 is 12.1 Å². The molecule has 152 valence electrons. The lowest BCUT2D eigenvalue weighted by molar-refractivity contribution is -0.136. The highest BCUT2D eigenvalue weighted by Gasteiger charge is 2.19. The van der Waals surface area contributed by atoms with Crippen LogP contribution in [0, 0.1) is 0 Å². The summed E-state index contributed by atoms with van der Waals surface area (Å²) in [6, 6.07) is 28.8. The first-order chi connectivity index (χ1) is 14.7. The number of amides is 1. The van der Waals surface area contributed by atoms with Gasteiger partial charge < -0.3 is 9.47 Å². The fourth-order valence-electron chi connectivity index (χ4n) is 3.01. The molecule has 0 saturated heterocycles. The van der Waals surface area contributed by atoms with Crippen LogP contribution in [0.25, 0.3) is 0 Å². The van der Waals surface area contributed by atoms with E-state index >= 15 is 0 Å². The Morgan fingerprint density at radius 1 is 0.833 bits per heavy atom. The maximum atomic E-state index is 12.4. The van der Waals surface area contributed by atoms with E-state index in [1.807, 2.05) is 91.0 Å². The molecular formula is C25H23NO4. The smallest absolute Gasteiger partial charge is 0.412 e. The van der Waals surface area contributed by atoms with E-state index in [1.54, 1.807) is 6.08 Å². The number of ether oxygens (including phenoxy) is 2. The van der Waals surface area contributed by atoms with E-state index in [1.165, 1.54) is 7.11 Å². The molecule has 0 heterocycles. The molecule has 0 aliphatic rings. The van der Waals surface area contributed by atoms with E-state index in [0.717, 1.165) is 16.7 Å². The van der Waals surface area contributed by atoms with Gasteiger partial charge in [0.2, 0.25) is 0 Å².